The third-order valence-electron chi connectivity index (χ3n) is 6.45. The molecule has 0 saturated heterocycles. The van der Waals surface area contributed by atoms with Gasteiger partial charge >= 0.3 is 11.9 Å². The average Bonchev–Trinajstić information content (AvgIpc) is 3.26. The van der Waals surface area contributed by atoms with Gasteiger partial charge in [-0.1, -0.05) is 34.6 Å². The fourth-order valence-corrected chi connectivity index (χ4v) is 4.59. The molecule has 2 heterocycles. The van der Waals surface area contributed by atoms with Crippen LogP contribution in [0.5, 0.6) is 11.5 Å². The molecule has 2 aliphatic rings. The standard InChI is InChI=1S/C24H24N2O6/c1-15-23(21(27)31-25-15,13-17-5-9-19(29-3)10-6-17)24(16(2)26-32-22(24)28)14-18-7-11-20(30-4)12-8-18/h5-12H,13-14H2,1-4H3. The lowest BCUT2D eigenvalue weighted by Crippen LogP contribution is -2.59. The Balaban J connectivity index is 1.86. The first-order valence-electron chi connectivity index (χ1n) is 10.2. The van der Waals surface area contributed by atoms with Crippen LogP contribution in [0.2, 0.25) is 0 Å². The largest absolute Gasteiger partial charge is 0.497 e. The Hall–Kier alpha value is -3.68. The first kappa shape index (κ1) is 21.5. The summed E-state index contributed by atoms with van der Waals surface area (Å²) >= 11 is 0. The van der Waals surface area contributed by atoms with E-state index in [1.807, 2.05) is 24.3 Å². The van der Waals surface area contributed by atoms with Gasteiger partial charge in [-0.25, -0.2) is 9.59 Å². The molecule has 2 aromatic rings. The number of carbonyl (C=O) groups excluding carboxylic acids is 2. The topological polar surface area (TPSA) is 95.8 Å². The maximum atomic E-state index is 13.4. The molecule has 0 bridgehead atoms. The lowest BCUT2D eigenvalue weighted by molar-refractivity contribution is -0.163. The SMILES string of the molecule is COc1ccc(CC2(C3(Cc4ccc(OC)cc4)C(=O)ON=C3C)C(=O)ON=C2C)cc1. The number of benzene rings is 2. The molecule has 8 heteroatoms. The number of carbonyl (C=O) groups is 2. The maximum absolute atomic E-state index is 13.4. The van der Waals surface area contributed by atoms with Gasteiger partial charge < -0.3 is 19.1 Å². The van der Waals surface area contributed by atoms with E-state index in [9.17, 15) is 9.59 Å². The van der Waals surface area contributed by atoms with E-state index < -0.39 is 22.8 Å². The summed E-state index contributed by atoms with van der Waals surface area (Å²) < 4.78 is 10.5. The van der Waals surface area contributed by atoms with Gasteiger partial charge in [0.15, 0.2) is 0 Å². The molecule has 2 aliphatic heterocycles. The molecular formula is C24H24N2O6. The first-order chi connectivity index (χ1) is 15.4. The summed E-state index contributed by atoms with van der Waals surface area (Å²) in [5.41, 5.74) is -0.382. The van der Waals surface area contributed by atoms with Crippen molar-refractivity contribution in [3.63, 3.8) is 0 Å². The van der Waals surface area contributed by atoms with Crippen LogP contribution >= 0.6 is 0 Å². The maximum Gasteiger partial charge on any atom is 0.348 e. The summed E-state index contributed by atoms with van der Waals surface area (Å²) in [6.07, 6.45) is 0.368. The van der Waals surface area contributed by atoms with Gasteiger partial charge in [0.1, 0.15) is 22.3 Å². The fourth-order valence-electron chi connectivity index (χ4n) is 4.59. The van der Waals surface area contributed by atoms with Gasteiger partial charge in [0, 0.05) is 0 Å². The second kappa shape index (κ2) is 8.11. The average molecular weight is 436 g/mol. The van der Waals surface area contributed by atoms with E-state index in [2.05, 4.69) is 10.3 Å². The quantitative estimate of drug-likeness (QED) is 0.618. The molecular weight excluding hydrogens is 412 g/mol. The molecule has 0 spiro atoms. The van der Waals surface area contributed by atoms with Crippen molar-refractivity contribution >= 4 is 23.4 Å². The van der Waals surface area contributed by atoms with Gasteiger partial charge in [-0.05, 0) is 62.1 Å². The smallest absolute Gasteiger partial charge is 0.348 e. The number of hydrogen-bond acceptors (Lipinski definition) is 8. The van der Waals surface area contributed by atoms with Crippen molar-refractivity contribution in [3.05, 3.63) is 59.7 Å². The van der Waals surface area contributed by atoms with Crippen molar-refractivity contribution in [1.29, 1.82) is 0 Å². The number of ether oxygens (including phenoxy) is 2. The Bertz CT molecular complexity index is 1020. The van der Waals surface area contributed by atoms with Crippen molar-refractivity contribution in [1.82, 2.24) is 0 Å². The van der Waals surface area contributed by atoms with Crippen LogP contribution in [0.3, 0.4) is 0 Å². The van der Waals surface area contributed by atoms with Gasteiger partial charge in [-0.15, -0.1) is 0 Å². The van der Waals surface area contributed by atoms with Gasteiger partial charge in [0.2, 0.25) is 0 Å². The van der Waals surface area contributed by atoms with E-state index in [0.29, 0.717) is 22.9 Å². The highest BCUT2D eigenvalue weighted by atomic mass is 16.7. The molecule has 32 heavy (non-hydrogen) atoms. The number of nitrogens with zero attached hydrogens (tertiary/aromatic N) is 2. The van der Waals surface area contributed by atoms with Crippen LogP contribution in [0.4, 0.5) is 0 Å². The van der Waals surface area contributed by atoms with E-state index in [1.165, 1.54) is 0 Å². The highest BCUT2D eigenvalue weighted by Gasteiger charge is 2.70. The minimum absolute atomic E-state index is 0.184. The molecule has 0 N–H and O–H groups in total. The molecule has 2 atom stereocenters. The van der Waals surface area contributed by atoms with Crippen molar-refractivity contribution in [2.24, 2.45) is 21.1 Å². The number of methoxy groups -OCH3 is 2. The van der Waals surface area contributed by atoms with Gasteiger partial charge in [-0.3, -0.25) is 0 Å². The lowest BCUT2D eigenvalue weighted by Gasteiger charge is -2.40. The lowest BCUT2D eigenvalue weighted by atomic mass is 9.54. The summed E-state index contributed by atoms with van der Waals surface area (Å²) in [7, 11) is 3.17. The molecule has 2 unspecified atom stereocenters. The minimum Gasteiger partial charge on any atom is -0.497 e. The minimum atomic E-state index is -1.41. The Morgan fingerprint density at radius 2 is 1.03 bits per heavy atom. The summed E-state index contributed by atoms with van der Waals surface area (Å²) in [5, 5.41) is 7.98. The van der Waals surface area contributed by atoms with Gasteiger partial charge in [-0.2, -0.15) is 0 Å². The monoisotopic (exact) mass is 436 g/mol. The van der Waals surface area contributed by atoms with Gasteiger partial charge in [0.05, 0.1) is 25.6 Å². The van der Waals surface area contributed by atoms with Crippen LogP contribution in [0, 0.1) is 10.8 Å². The molecule has 4 rings (SSSR count). The van der Waals surface area contributed by atoms with E-state index in [1.54, 1.807) is 52.3 Å². The number of hydrogen-bond donors (Lipinski definition) is 0. The first-order valence-corrected chi connectivity index (χ1v) is 10.2. The van der Waals surface area contributed by atoms with Crippen LogP contribution in [0.25, 0.3) is 0 Å². The molecule has 8 nitrogen and oxygen atoms in total. The number of rotatable bonds is 7. The zero-order chi connectivity index (χ0) is 22.9. The second-order valence-corrected chi connectivity index (χ2v) is 7.97. The molecule has 0 radical (unpaired) electrons. The zero-order valence-corrected chi connectivity index (χ0v) is 18.4. The van der Waals surface area contributed by atoms with E-state index in [-0.39, 0.29) is 12.8 Å². The van der Waals surface area contributed by atoms with Crippen LogP contribution in [0.15, 0.2) is 58.8 Å². The Morgan fingerprint density at radius 3 is 1.28 bits per heavy atom. The van der Waals surface area contributed by atoms with Crippen LogP contribution in [-0.4, -0.2) is 37.6 Å². The third kappa shape index (κ3) is 3.14. The van der Waals surface area contributed by atoms with E-state index >= 15 is 0 Å². The van der Waals surface area contributed by atoms with Gasteiger partial charge in [0.25, 0.3) is 0 Å². The van der Waals surface area contributed by atoms with E-state index in [0.717, 1.165) is 11.1 Å². The third-order valence-corrected chi connectivity index (χ3v) is 6.45. The van der Waals surface area contributed by atoms with Crippen molar-refractivity contribution < 1.29 is 28.7 Å². The van der Waals surface area contributed by atoms with Crippen LogP contribution < -0.4 is 9.47 Å². The number of oxime groups is 2. The molecule has 0 saturated carbocycles. The molecule has 166 valence electrons. The predicted molar refractivity (Wildman–Crippen MR) is 117 cm³/mol. The molecule has 0 fully saturated rings. The summed E-state index contributed by atoms with van der Waals surface area (Å²) in [6.45, 7) is 3.39. The summed E-state index contributed by atoms with van der Waals surface area (Å²) in [6, 6.07) is 14.6. The molecule has 0 aromatic heterocycles. The van der Waals surface area contributed by atoms with Crippen molar-refractivity contribution in [3.8, 4) is 11.5 Å². The molecule has 0 amide bonds. The summed E-state index contributed by atoms with van der Waals surface area (Å²) in [4.78, 5) is 37.0. The van der Waals surface area contributed by atoms with Crippen molar-refractivity contribution in [2.75, 3.05) is 14.2 Å². The van der Waals surface area contributed by atoms with Crippen molar-refractivity contribution in [2.45, 2.75) is 26.7 Å². The normalized spacial score (nSPS) is 24.5. The highest BCUT2D eigenvalue weighted by molar-refractivity contribution is 6.22. The highest BCUT2D eigenvalue weighted by Crippen LogP contribution is 2.53. The fraction of sp³-hybridized carbons (Fsp3) is 0.333. The zero-order valence-electron chi connectivity index (χ0n) is 18.4. The Labute approximate surface area is 185 Å². The summed E-state index contributed by atoms with van der Waals surface area (Å²) in [5.74, 6) is 0.168. The molecule has 2 aromatic carbocycles. The van der Waals surface area contributed by atoms with Crippen LogP contribution in [0.1, 0.15) is 25.0 Å². The predicted octanol–water partition coefficient (Wildman–Crippen LogP) is 3.33. The van der Waals surface area contributed by atoms with Crippen LogP contribution in [-0.2, 0) is 32.1 Å². The Morgan fingerprint density at radius 1 is 0.688 bits per heavy atom. The van der Waals surface area contributed by atoms with E-state index in [4.69, 9.17) is 19.1 Å². The Kier molecular flexibility index (Phi) is 5.46. The molecule has 0 aliphatic carbocycles. The second-order valence-electron chi connectivity index (χ2n) is 7.97.